The van der Waals surface area contributed by atoms with Gasteiger partial charge in [-0.2, -0.15) is 11.8 Å². The van der Waals surface area contributed by atoms with Gasteiger partial charge in [-0.1, -0.05) is 25.4 Å². The molecule has 7 heteroatoms. The number of aromatic nitrogens is 1. The predicted octanol–water partition coefficient (Wildman–Crippen LogP) is 3.76. The number of nitrogens with one attached hydrogen (secondary N) is 2. The molecule has 0 radical (unpaired) electrons. The molecule has 2 atom stereocenters. The van der Waals surface area contributed by atoms with Crippen LogP contribution < -0.4 is 10.6 Å². The fourth-order valence-electron chi connectivity index (χ4n) is 2.73. The second kappa shape index (κ2) is 10.4. The average Bonchev–Trinajstić information content (AvgIpc) is 3.01. The third-order valence-electron chi connectivity index (χ3n) is 4.12. The van der Waals surface area contributed by atoms with Crippen LogP contribution in [0.25, 0.3) is 0 Å². The van der Waals surface area contributed by atoms with Crippen LogP contribution in [-0.4, -0.2) is 35.7 Å². The third kappa shape index (κ3) is 6.52. The van der Waals surface area contributed by atoms with Crippen molar-refractivity contribution in [3.63, 3.8) is 0 Å². The van der Waals surface area contributed by atoms with Crippen molar-refractivity contribution in [3.8, 4) is 0 Å². The van der Waals surface area contributed by atoms with Gasteiger partial charge in [-0.15, -0.1) is 24.0 Å². The number of hydrogen-bond donors (Lipinski definition) is 2. The van der Waals surface area contributed by atoms with Crippen LogP contribution in [0.4, 0.5) is 0 Å². The summed E-state index contributed by atoms with van der Waals surface area (Å²) in [5.74, 6) is 2.08. The summed E-state index contributed by atoms with van der Waals surface area (Å²) in [6.07, 6.45) is 7.26. The van der Waals surface area contributed by atoms with Crippen LogP contribution in [0.5, 0.6) is 0 Å². The third-order valence-corrected chi connectivity index (χ3v) is 5.22. The van der Waals surface area contributed by atoms with Crippen molar-refractivity contribution in [1.29, 1.82) is 0 Å². The summed E-state index contributed by atoms with van der Waals surface area (Å²) in [6, 6.07) is 2.52. The lowest BCUT2D eigenvalue weighted by Crippen LogP contribution is -2.45. The van der Waals surface area contributed by atoms with Gasteiger partial charge in [0.2, 0.25) is 0 Å². The molecule has 1 aliphatic carbocycles. The molecule has 0 saturated heterocycles. The summed E-state index contributed by atoms with van der Waals surface area (Å²) in [6.45, 7) is 4.83. The molecule has 0 aromatic carbocycles. The molecule has 1 aromatic heterocycles. The second-order valence-electron chi connectivity index (χ2n) is 6.16. The van der Waals surface area contributed by atoms with Crippen molar-refractivity contribution >= 4 is 41.7 Å². The van der Waals surface area contributed by atoms with Crippen LogP contribution in [0.2, 0.25) is 0 Å². The van der Waals surface area contributed by atoms with Gasteiger partial charge in [0.25, 0.3) is 0 Å². The molecule has 0 aliphatic heterocycles. The maximum absolute atomic E-state index is 5.35. The standard InChI is InChI=1S/C16H28N4OS.HI/c1-11(2)15-9-13(21-20-15)10-18-16(17-3)19-12-6-5-7-14(8-12)22-4;/h9,11-12,14H,5-8,10H2,1-4H3,(H2,17,18,19);1H. The first-order chi connectivity index (χ1) is 10.6. The lowest BCUT2D eigenvalue weighted by Gasteiger charge is -2.29. The van der Waals surface area contributed by atoms with E-state index < -0.39 is 0 Å². The molecule has 2 N–H and O–H groups in total. The Kier molecular flexibility index (Phi) is 9.34. The predicted molar refractivity (Wildman–Crippen MR) is 109 cm³/mol. The van der Waals surface area contributed by atoms with Crippen molar-refractivity contribution in [2.45, 2.75) is 63.3 Å². The maximum Gasteiger partial charge on any atom is 0.191 e. The van der Waals surface area contributed by atoms with E-state index in [0.717, 1.165) is 22.7 Å². The molecule has 1 aliphatic rings. The van der Waals surface area contributed by atoms with Gasteiger partial charge >= 0.3 is 0 Å². The van der Waals surface area contributed by atoms with Crippen LogP contribution in [0.15, 0.2) is 15.6 Å². The molecule has 2 rings (SSSR count). The Morgan fingerprint density at radius 3 is 2.87 bits per heavy atom. The molecule has 2 unspecified atom stereocenters. The number of halogens is 1. The topological polar surface area (TPSA) is 62.5 Å². The zero-order valence-electron chi connectivity index (χ0n) is 14.5. The first-order valence-electron chi connectivity index (χ1n) is 8.07. The highest BCUT2D eigenvalue weighted by molar-refractivity contribution is 14.0. The van der Waals surface area contributed by atoms with Crippen molar-refractivity contribution in [2.75, 3.05) is 13.3 Å². The van der Waals surface area contributed by atoms with E-state index in [-0.39, 0.29) is 24.0 Å². The lowest BCUT2D eigenvalue weighted by molar-refractivity contribution is 0.370. The Balaban J connectivity index is 0.00000264. The lowest BCUT2D eigenvalue weighted by atomic mass is 9.95. The van der Waals surface area contributed by atoms with E-state index in [2.05, 4.69) is 40.9 Å². The van der Waals surface area contributed by atoms with E-state index in [4.69, 9.17) is 4.52 Å². The number of rotatable bonds is 5. The highest BCUT2D eigenvalue weighted by Crippen LogP contribution is 2.26. The first kappa shape index (κ1) is 20.6. The van der Waals surface area contributed by atoms with Gasteiger partial charge in [-0.25, -0.2) is 0 Å². The zero-order valence-corrected chi connectivity index (χ0v) is 17.6. The summed E-state index contributed by atoms with van der Waals surface area (Å²) in [4.78, 5) is 4.32. The normalized spacial score (nSPS) is 21.9. The number of hydrogen-bond acceptors (Lipinski definition) is 4. The quantitative estimate of drug-likeness (QED) is 0.405. The molecule has 0 amide bonds. The molecule has 0 bridgehead atoms. The van der Waals surface area contributed by atoms with Gasteiger partial charge in [0.15, 0.2) is 11.7 Å². The number of nitrogens with zero attached hydrogens (tertiary/aromatic N) is 2. The molecule has 0 spiro atoms. The van der Waals surface area contributed by atoms with Gasteiger partial charge < -0.3 is 15.2 Å². The number of thioether (sulfide) groups is 1. The van der Waals surface area contributed by atoms with Gasteiger partial charge in [-0.05, 0) is 31.4 Å². The van der Waals surface area contributed by atoms with Gasteiger partial charge in [0.05, 0.1) is 12.2 Å². The zero-order chi connectivity index (χ0) is 15.9. The van der Waals surface area contributed by atoms with E-state index in [1.807, 2.05) is 24.9 Å². The monoisotopic (exact) mass is 452 g/mol. The smallest absolute Gasteiger partial charge is 0.191 e. The minimum Gasteiger partial charge on any atom is -0.359 e. The molecular formula is C16H29IN4OS. The highest BCUT2D eigenvalue weighted by atomic mass is 127. The Hall–Kier alpha value is -0.440. The molecule has 1 heterocycles. The van der Waals surface area contributed by atoms with E-state index in [9.17, 15) is 0 Å². The van der Waals surface area contributed by atoms with E-state index >= 15 is 0 Å². The van der Waals surface area contributed by atoms with Crippen molar-refractivity contribution in [1.82, 2.24) is 15.8 Å². The Bertz CT molecular complexity index is 492. The van der Waals surface area contributed by atoms with Crippen molar-refractivity contribution in [2.24, 2.45) is 4.99 Å². The van der Waals surface area contributed by atoms with E-state index in [0.29, 0.717) is 18.5 Å². The molecule has 23 heavy (non-hydrogen) atoms. The first-order valence-corrected chi connectivity index (χ1v) is 9.36. The number of aliphatic imine (C=N–C) groups is 1. The van der Waals surface area contributed by atoms with Gasteiger partial charge in [0, 0.05) is 24.4 Å². The molecule has 1 fully saturated rings. The minimum atomic E-state index is 0. The summed E-state index contributed by atoms with van der Waals surface area (Å²) >= 11 is 1.98. The number of guanidine groups is 1. The van der Waals surface area contributed by atoms with Crippen LogP contribution in [-0.2, 0) is 6.54 Å². The van der Waals surface area contributed by atoms with E-state index in [1.165, 1.54) is 25.7 Å². The SMILES string of the molecule is CN=C(NCc1cc(C(C)C)no1)NC1CCCC(SC)C1.I. The van der Waals surface area contributed by atoms with Crippen LogP contribution in [0.1, 0.15) is 56.9 Å². The summed E-state index contributed by atoms with van der Waals surface area (Å²) in [7, 11) is 1.81. The fourth-order valence-corrected chi connectivity index (χ4v) is 3.56. The Labute approximate surface area is 160 Å². The molecule has 5 nitrogen and oxygen atoms in total. The Morgan fingerprint density at radius 2 is 2.26 bits per heavy atom. The highest BCUT2D eigenvalue weighted by Gasteiger charge is 2.22. The van der Waals surface area contributed by atoms with Crippen molar-refractivity contribution < 1.29 is 4.52 Å². The van der Waals surface area contributed by atoms with Gasteiger partial charge in [-0.3, -0.25) is 4.99 Å². The molecule has 1 saturated carbocycles. The van der Waals surface area contributed by atoms with E-state index in [1.54, 1.807) is 0 Å². The van der Waals surface area contributed by atoms with Crippen LogP contribution in [0, 0.1) is 0 Å². The van der Waals surface area contributed by atoms with Crippen LogP contribution >= 0.6 is 35.7 Å². The molecular weight excluding hydrogens is 423 g/mol. The second-order valence-corrected chi connectivity index (χ2v) is 7.30. The van der Waals surface area contributed by atoms with Crippen molar-refractivity contribution in [3.05, 3.63) is 17.5 Å². The van der Waals surface area contributed by atoms with Crippen LogP contribution in [0.3, 0.4) is 0 Å². The summed E-state index contributed by atoms with van der Waals surface area (Å²) < 4.78 is 5.35. The largest absolute Gasteiger partial charge is 0.359 e. The molecule has 132 valence electrons. The maximum atomic E-state index is 5.35. The summed E-state index contributed by atoms with van der Waals surface area (Å²) in [5.41, 5.74) is 0.995. The van der Waals surface area contributed by atoms with Gasteiger partial charge in [0.1, 0.15) is 0 Å². The Morgan fingerprint density at radius 1 is 1.48 bits per heavy atom. The molecule has 1 aromatic rings. The fraction of sp³-hybridized carbons (Fsp3) is 0.750. The minimum absolute atomic E-state index is 0. The average molecular weight is 452 g/mol. The summed E-state index contributed by atoms with van der Waals surface area (Å²) in [5, 5.41) is 11.7.